The minimum atomic E-state index is -0.0948. The van der Waals surface area contributed by atoms with E-state index in [1.54, 1.807) is 26.0 Å². The van der Waals surface area contributed by atoms with Gasteiger partial charge in [0.1, 0.15) is 0 Å². The van der Waals surface area contributed by atoms with Crippen molar-refractivity contribution < 1.29 is 14.3 Å². The molecular formula is C14H20N2O3S. The van der Waals surface area contributed by atoms with Gasteiger partial charge in [0.2, 0.25) is 5.91 Å². The van der Waals surface area contributed by atoms with Gasteiger partial charge in [-0.2, -0.15) is 0 Å². The largest absolute Gasteiger partial charge is 0.493 e. The van der Waals surface area contributed by atoms with E-state index in [4.69, 9.17) is 9.47 Å². The number of carbonyl (C=O) groups excluding carboxylic acids is 1. The number of hydrogen-bond acceptors (Lipinski definition) is 5. The summed E-state index contributed by atoms with van der Waals surface area (Å²) in [6.45, 7) is 1.96. The fraction of sp³-hybridized carbons (Fsp3) is 0.500. The molecule has 0 spiro atoms. The van der Waals surface area contributed by atoms with Crippen molar-refractivity contribution in [3.63, 3.8) is 0 Å². The van der Waals surface area contributed by atoms with Crippen molar-refractivity contribution in [3.05, 3.63) is 23.8 Å². The van der Waals surface area contributed by atoms with Gasteiger partial charge in [-0.15, -0.1) is 11.8 Å². The molecule has 1 amide bonds. The van der Waals surface area contributed by atoms with Gasteiger partial charge in [-0.25, -0.2) is 0 Å². The number of nitrogens with one attached hydrogen (secondary N) is 2. The number of thioether (sulfide) groups is 1. The number of ether oxygens (including phenoxy) is 2. The topological polar surface area (TPSA) is 59.6 Å². The molecule has 6 heteroatoms. The Morgan fingerprint density at radius 2 is 2.15 bits per heavy atom. The van der Waals surface area contributed by atoms with Crippen LogP contribution >= 0.6 is 11.8 Å². The predicted molar refractivity (Wildman–Crippen MR) is 80.4 cm³/mol. The summed E-state index contributed by atoms with van der Waals surface area (Å²) in [7, 11) is 3.21. The molecule has 1 aliphatic rings. The Morgan fingerprint density at radius 3 is 2.75 bits per heavy atom. The standard InChI is InChI=1S/C14H20N2O3S/c1-9(16-14(17)11-7-20-8-15-11)10-4-5-12(18-2)13(6-10)19-3/h4-6,9,11,15H,7-8H2,1-3H3,(H,16,17). The van der Waals surface area contributed by atoms with Crippen molar-refractivity contribution in [1.82, 2.24) is 10.6 Å². The maximum absolute atomic E-state index is 12.1. The number of benzene rings is 1. The molecule has 110 valence electrons. The Bertz CT molecular complexity index is 475. The van der Waals surface area contributed by atoms with Gasteiger partial charge in [-0.05, 0) is 24.6 Å². The van der Waals surface area contributed by atoms with Crippen LogP contribution in [0.1, 0.15) is 18.5 Å². The van der Waals surface area contributed by atoms with Gasteiger partial charge in [0.15, 0.2) is 11.5 Å². The van der Waals surface area contributed by atoms with E-state index < -0.39 is 0 Å². The lowest BCUT2D eigenvalue weighted by molar-refractivity contribution is -0.123. The monoisotopic (exact) mass is 296 g/mol. The SMILES string of the molecule is COc1ccc(C(C)NC(=O)C2CSCN2)cc1OC. The zero-order valence-electron chi connectivity index (χ0n) is 11.9. The van der Waals surface area contributed by atoms with Gasteiger partial charge in [0, 0.05) is 11.6 Å². The van der Waals surface area contributed by atoms with Gasteiger partial charge in [-0.3, -0.25) is 10.1 Å². The number of carbonyl (C=O) groups is 1. The summed E-state index contributed by atoms with van der Waals surface area (Å²) in [4.78, 5) is 12.1. The summed E-state index contributed by atoms with van der Waals surface area (Å²) in [5, 5.41) is 6.18. The van der Waals surface area contributed by atoms with Crippen LogP contribution in [0.25, 0.3) is 0 Å². The van der Waals surface area contributed by atoms with Crippen LogP contribution in [0.4, 0.5) is 0 Å². The average Bonchev–Trinajstić information content (AvgIpc) is 3.00. The highest BCUT2D eigenvalue weighted by atomic mass is 32.2. The fourth-order valence-corrected chi connectivity index (χ4v) is 3.02. The smallest absolute Gasteiger partial charge is 0.238 e. The van der Waals surface area contributed by atoms with Crippen molar-refractivity contribution in [2.75, 3.05) is 25.8 Å². The van der Waals surface area contributed by atoms with Crippen molar-refractivity contribution in [2.45, 2.75) is 19.0 Å². The second-order valence-corrected chi connectivity index (χ2v) is 5.65. The Kier molecular flexibility index (Phi) is 5.14. The first-order valence-electron chi connectivity index (χ1n) is 6.49. The molecule has 0 radical (unpaired) electrons. The van der Waals surface area contributed by atoms with Crippen molar-refractivity contribution in [1.29, 1.82) is 0 Å². The first kappa shape index (κ1) is 15.0. The van der Waals surface area contributed by atoms with Crippen LogP contribution in [0.15, 0.2) is 18.2 Å². The molecule has 1 saturated heterocycles. The zero-order valence-corrected chi connectivity index (χ0v) is 12.8. The lowest BCUT2D eigenvalue weighted by atomic mass is 10.1. The highest BCUT2D eigenvalue weighted by Gasteiger charge is 2.24. The minimum absolute atomic E-state index is 0.0392. The molecule has 2 N–H and O–H groups in total. The Hall–Kier alpha value is -1.40. The van der Waals surface area contributed by atoms with Crippen LogP contribution < -0.4 is 20.1 Å². The number of rotatable bonds is 5. The van der Waals surface area contributed by atoms with Crippen LogP contribution in [0.2, 0.25) is 0 Å². The van der Waals surface area contributed by atoms with Crippen molar-refractivity contribution >= 4 is 17.7 Å². The molecule has 0 aromatic heterocycles. The van der Waals surface area contributed by atoms with Gasteiger partial charge < -0.3 is 14.8 Å². The molecule has 0 aliphatic carbocycles. The predicted octanol–water partition coefficient (Wildman–Crippen LogP) is 1.54. The van der Waals surface area contributed by atoms with Crippen molar-refractivity contribution in [3.8, 4) is 11.5 Å². The molecule has 0 bridgehead atoms. The molecule has 2 unspecified atom stereocenters. The summed E-state index contributed by atoms with van der Waals surface area (Å²) in [5.41, 5.74) is 0.988. The van der Waals surface area contributed by atoms with Gasteiger partial charge in [0.05, 0.1) is 26.3 Å². The molecule has 2 atom stereocenters. The summed E-state index contributed by atoms with van der Waals surface area (Å²) >= 11 is 1.74. The molecule has 1 fully saturated rings. The summed E-state index contributed by atoms with van der Waals surface area (Å²) in [6.07, 6.45) is 0. The number of hydrogen-bond donors (Lipinski definition) is 2. The third-order valence-corrected chi connectivity index (χ3v) is 4.24. The highest BCUT2D eigenvalue weighted by molar-refractivity contribution is 7.99. The highest BCUT2D eigenvalue weighted by Crippen LogP contribution is 2.29. The Labute approximate surface area is 123 Å². The van der Waals surface area contributed by atoms with Gasteiger partial charge in [0.25, 0.3) is 0 Å². The van der Waals surface area contributed by atoms with Gasteiger partial charge >= 0.3 is 0 Å². The van der Waals surface area contributed by atoms with Gasteiger partial charge in [-0.1, -0.05) is 6.07 Å². The molecule has 5 nitrogen and oxygen atoms in total. The van der Waals surface area contributed by atoms with E-state index in [-0.39, 0.29) is 18.0 Å². The van der Waals surface area contributed by atoms with E-state index in [9.17, 15) is 4.79 Å². The van der Waals surface area contributed by atoms with Crippen LogP contribution in [0.3, 0.4) is 0 Å². The molecule has 2 rings (SSSR count). The van der Waals surface area contributed by atoms with Crippen LogP contribution in [0, 0.1) is 0 Å². The maximum Gasteiger partial charge on any atom is 0.238 e. The molecular weight excluding hydrogens is 276 g/mol. The minimum Gasteiger partial charge on any atom is -0.493 e. The number of methoxy groups -OCH3 is 2. The molecule has 1 heterocycles. The van der Waals surface area contributed by atoms with Crippen molar-refractivity contribution in [2.24, 2.45) is 0 Å². The third-order valence-electron chi connectivity index (χ3n) is 3.30. The van der Waals surface area contributed by atoms with E-state index in [2.05, 4.69) is 10.6 Å². The molecule has 20 heavy (non-hydrogen) atoms. The van der Waals surface area contributed by atoms with Crippen LogP contribution in [-0.4, -0.2) is 37.8 Å². The van der Waals surface area contributed by atoms with E-state index in [1.165, 1.54) is 0 Å². The fourth-order valence-electron chi connectivity index (χ4n) is 2.08. The second kappa shape index (κ2) is 6.85. The van der Waals surface area contributed by atoms with E-state index in [1.807, 2.05) is 25.1 Å². The van der Waals surface area contributed by atoms with E-state index in [0.717, 1.165) is 17.2 Å². The summed E-state index contributed by atoms with van der Waals surface area (Å²) in [6, 6.07) is 5.50. The van der Waals surface area contributed by atoms with E-state index >= 15 is 0 Å². The lowest BCUT2D eigenvalue weighted by Crippen LogP contribution is -2.42. The molecule has 1 aromatic rings. The zero-order chi connectivity index (χ0) is 14.5. The summed E-state index contributed by atoms with van der Waals surface area (Å²) < 4.78 is 10.5. The Balaban J connectivity index is 2.04. The van der Waals surface area contributed by atoms with Crippen LogP contribution in [0.5, 0.6) is 11.5 Å². The normalized spacial score (nSPS) is 19.4. The third kappa shape index (κ3) is 3.37. The van der Waals surface area contributed by atoms with Crippen LogP contribution in [-0.2, 0) is 4.79 Å². The lowest BCUT2D eigenvalue weighted by Gasteiger charge is -2.18. The number of amides is 1. The quantitative estimate of drug-likeness (QED) is 0.863. The average molecular weight is 296 g/mol. The second-order valence-electron chi connectivity index (χ2n) is 4.62. The van der Waals surface area contributed by atoms with E-state index in [0.29, 0.717) is 11.5 Å². The molecule has 1 aromatic carbocycles. The molecule has 0 saturated carbocycles. The maximum atomic E-state index is 12.1. The first-order chi connectivity index (χ1) is 9.65. The summed E-state index contributed by atoms with van der Waals surface area (Å²) in [5.74, 6) is 3.05. The first-order valence-corrected chi connectivity index (χ1v) is 7.64. The Morgan fingerprint density at radius 1 is 1.40 bits per heavy atom. The molecule has 1 aliphatic heterocycles.